The van der Waals surface area contributed by atoms with Gasteiger partial charge in [-0.15, -0.1) is 0 Å². The molecule has 0 aliphatic rings. The number of hydrogen-bond acceptors (Lipinski definition) is 8. The van der Waals surface area contributed by atoms with Crippen molar-refractivity contribution in [2.24, 2.45) is 5.73 Å². The number of pyridine rings is 1. The Balaban J connectivity index is 1.53. The molecular formula is C23H22N6O4S. The smallest absolute Gasteiger partial charge is 0.265 e. The van der Waals surface area contributed by atoms with Crippen molar-refractivity contribution in [3.05, 3.63) is 71.7 Å². The monoisotopic (exact) mass is 478 g/mol. The number of aromatic nitrogens is 4. The molecule has 34 heavy (non-hydrogen) atoms. The first kappa shape index (κ1) is 21.9. The molecule has 0 unspecified atom stereocenters. The van der Waals surface area contributed by atoms with Gasteiger partial charge in [0.05, 0.1) is 25.4 Å². The molecule has 2 aromatic carbocycles. The maximum absolute atomic E-state index is 13.4. The van der Waals surface area contributed by atoms with E-state index in [0.717, 1.165) is 22.1 Å². The third-order valence-electron chi connectivity index (χ3n) is 5.42. The van der Waals surface area contributed by atoms with Crippen molar-refractivity contribution in [2.45, 2.75) is 24.9 Å². The lowest BCUT2D eigenvalue weighted by atomic mass is 10.1. The van der Waals surface area contributed by atoms with E-state index in [1.54, 1.807) is 41.3 Å². The Labute approximate surface area is 195 Å². The number of sulfonamides is 1. The van der Waals surface area contributed by atoms with Crippen molar-refractivity contribution in [1.82, 2.24) is 19.9 Å². The van der Waals surface area contributed by atoms with Crippen molar-refractivity contribution in [2.75, 3.05) is 11.8 Å². The molecule has 3 aromatic heterocycles. The molecule has 174 valence electrons. The summed E-state index contributed by atoms with van der Waals surface area (Å²) in [6, 6.07) is 10.6. The molecule has 5 aromatic rings. The normalized spacial score (nSPS) is 11.9. The van der Waals surface area contributed by atoms with Gasteiger partial charge in [-0.2, -0.15) is 5.10 Å². The highest BCUT2D eigenvalue weighted by Crippen LogP contribution is 2.35. The standard InChI is InChI=1S/C23H22N6O4S/c1-14-6-17-4-3-5-25-22(17)20(7-14)34(30,31)28-23-21-18(32-2)8-15(9-19(21)33-27-23)12-29-13-16(10-24)11-26-29/h3-9,11,13H,10,12,24H2,1-2H3,(H,27,28). The highest BCUT2D eigenvalue weighted by Gasteiger charge is 2.24. The molecule has 0 aliphatic carbocycles. The number of nitrogens with two attached hydrogens (primary N) is 1. The summed E-state index contributed by atoms with van der Waals surface area (Å²) in [6.45, 7) is 2.69. The summed E-state index contributed by atoms with van der Waals surface area (Å²) < 4.78 is 42.0. The molecule has 0 saturated carbocycles. The average Bonchev–Trinajstić information content (AvgIpc) is 3.44. The highest BCUT2D eigenvalue weighted by molar-refractivity contribution is 7.93. The van der Waals surface area contributed by atoms with Gasteiger partial charge in [-0.3, -0.25) is 14.4 Å². The van der Waals surface area contributed by atoms with E-state index in [1.807, 2.05) is 25.3 Å². The zero-order chi connectivity index (χ0) is 23.9. The van der Waals surface area contributed by atoms with Gasteiger partial charge in [0, 0.05) is 29.9 Å². The minimum Gasteiger partial charge on any atom is -0.496 e. The van der Waals surface area contributed by atoms with Gasteiger partial charge in [0.1, 0.15) is 16.0 Å². The fourth-order valence-electron chi connectivity index (χ4n) is 3.89. The van der Waals surface area contributed by atoms with E-state index in [4.69, 9.17) is 15.0 Å². The third-order valence-corrected chi connectivity index (χ3v) is 6.77. The summed E-state index contributed by atoms with van der Waals surface area (Å²) in [4.78, 5) is 4.33. The maximum Gasteiger partial charge on any atom is 0.265 e. The molecule has 10 nitrogen and oxygen atoms in total. The second kappa shape index (κ2) is 8.43. The molecule has 3 N–H and O–H groups in total. The quantitative estimate of drug-likeness (QED) is 0.364. The summed E-state index contributed by atoms with van der Waals surface area (Å²) in [5.74, 6) is 0.457. The summed E-state index contributed by atoms with van der Waals surface area (Å²) in [6.07, 6.45) is 5.13. The van der Waals surface area contributed by atoms with E-state index in [1.165, 1.54) is 7.11 Å². The minimum absolute atomic E-state index is 0.0356. The molecule has 0 radical (unpaired) electrons. The number of ether oxygens (including phenoxy) is 1. The number of nitrogens with zero attached hydrogens (tertiary/aromatic N) is 4. The van der Waals surface area contributed by atoms with E-state index in [2.05, 4.69) is 20.0 Å². The molecular weight excluding hydrogens is 456 g/mol. The van der Waals surface area contributed by atoms with E-state index in [9.17, 15) is 8.42 Å². The Bertz CT molecular complexity index is 1620. The van der Waals surface area contributed by atoms with Crippen molar-refractivity contribution >= 4 is 37.7 Å². The van der Waals surface area contributed by atoms with Crippen LogP contribution in [0.25, 0.3) is 21.9 Å². The molecule has 0 spiro atoms. The molecule has 0 amide bonds. The lowest BCUT2D eigenvalue weighted by molar-refractivity contribution is 0.418. The van der Waals surface area contributed by atoms with Crippen molar-refractivity contribution in [1.29, 1.82) is 0 Å². The third kappa shape index (κ3) is 3.95. The van der Waals surface area contributed by atoms with Gasteiger partial charge < -0.3 is 15.0 Å². The van der Waals surface area contributed by atoms with Crippen LogP contribution in [-0.2, 0) is 23.1 Å². The number of fused-ring (bicyclic) bond motifs is 2. The number of benzene rings is 2. The van der Waals surface area contributed by atoms with Gasteiger partial charge in [-0.25, -0.2) is 8.42 Å². The lowest BCUT2D eigenvalue weighted by Crippen LogP contribution is -2.14. The van der Waals surface area contributed by atoms with E-state index >= 15 is 0 Å². The summed E-state index contributed by atoms with van der Waals surface area (Å²) >= 11 is 0. The molecule has 3 heterocycles. The van der Waals surface area contributed by atoms with Crippen molar-refractivity contribution in [3.63, 3.8) is 0 Å². The zero-order valence-corrected chi connectivity index (χ0v) is 19.3. The minimum atomic E-state index is -4.02. The van der Waals surface area contributed by atoms with Gasteiger partial charge >= 0.3 is 0 Å². The van der Waals surface area contributed by atoms with E-state index in [0.29, 0.717) is 35.3 Å². The summed E-state index contributed by atoms with van der Waals surface area (Å²) in [5, 5.41) is 9.41. The Kier molecular flexibility index (Phi) is 5.42. The van der Waals surface area contributed by atoms with Crippen LogP contribution in [0.15, 0.2) is 64.4 Å². The zero-order valence-electron chi connectivity index (χ0n) is 18.5. The maximum atomic E-state index is 13.4. The van der Waals surface area contributed by atoms with Crippen LogP contribution < -0.4 is 15.2 Å². The van der Waals surface area contributed by atoms with E-state index in [-0.39, 0.29) is 10.7 Å². The summed E-state index contributed by atoms with van der Waals surface area (Å²) in [5.41, 5.74) is 8.97. The number of anilines is 1. The highest BCUT2D eigenvalue weighted by atomic mass is 32.2. The largest absolute Gasteiger partial charge is 0.496 e. The Morgan fingerprint density at radius 2 is 2.06 bits per heavy atom. The lowest BCUT2D eigenvalue weighted by Gasteiger charge is -2.11. The summed E-state index contributed by atoms with van der Waals surface area (Å²) in [7, 11) is -2.52. The topological polar surface area (TPSA) is 138 Å². The molecule has 0 atom stereocenters. The van der Waals surface area contributed by atoms with Gasteiger partial charge in [-0.1, -0.05) is 11.2 Å². The number of methoxy groups -OCH3 is 1. The second-order valence-electron chi connectivity index (χ2n) is 7.90. The van der Waals surface area contributed by atoms with Crippen LogP contribution in [0.4, 0.5) is 5.82 Å². The van der Waals surface area contributed by atoms with Crippen LogP contribution in [0.1, 0.15) is 16.7 Å². The fraction of sp³-hybridized carbons (Fsp3) is 0.174. The van der Waals surface area contributed by atoms with Crippen LogP contribution in [0.2, 0.25) is 0 Å². The molecule has 0 bridgehead atoms. The first-order valence-corrected chi connectivity index (χ1v) is 11.9. The van der Waals surface area contributed by atoms with Crippen LogP contribution in [-0.4, -0.2) is 35.4 Å². The van der Waals surface area contributed by atoms with E-state index < -0.39 is 10.0 Å². The fourth-order valence-corrected chi connectivity index (χ4v) is 5.16. The molecule has 0 aliphatic heterocycles. The van der Waals surface area contributed by atoms with Crippen LogP contribution in [0.3, 0.4) is 0 Å². The predicted molar refractivity (Wildman–Crippen MR) is 127 cm³/mol. The number of aryl methyl sites for hydroxylation is 1. The number of hydrogen-bond donors (Lipinski definition) is 2. The average molecular weight is 479 g/mol. The molecule has 0 saturated heterocycles. The van der Waals surface area contributed by atoms with Gasteiger partial charge in [-0.05, 0) is 48.4 Å². The van der Waals surface area contributed by atoms with Crippen LogP contribution in [0.5, 0.6) is 5.75 Å². The van der Waals surface area contributed by atoms with Gasteiger partial charge in [0.2, 0.25) is 0 Å². The Morgan fingerprint density at radius 3 is 2.82 bits per heavy atom. The molecule has 5 rings (SSSR count). The second-order valence-corrected chi connectivity index (χ2v) is 9.55. The van der Waals surface area contributed by atoms with Crippen molar-refractivity contribution < 1.29 is 17.7 Å². The SMILES string of the molecule is COc1cc(Cn2cc(CN)cn2)cc2onc(NS(=O)(=O)c3cc(C)cc4cccnc34)c12. The Morgan fingerprint density at radius 1 is 1.21 bits per heavy atom. The first-order chi connectivity index (χ1) is 16.4. The van der Waals surface area contributed by atoms with Crippen molar-refractivity contribution in [3.8, 4) is 5.75 Å². The number of rotatable bonds is 7. The molecule has 11 heteroatoms. The Hall–Kier alpha value is -3.96. The number of nitrogens with one attached hydrogen (secondary N) is 1. The predicted octanol–water partition coefficient (Wildman–Crippen LogP) is 3.20. The van der Waals surface area contributed by atoms with Gasteiger partial charge in [0.15, 0.2) is 11.4 Å². The first-order valence-electron chi connectivity index (χ1n) is 10.4. The van der Waals surface area contributed by atoms with Crippen LogP contribution >= 0.6 is 0 Å². The van der Waals surface area contributed by atoms with Crippen LogP contribution in [0, 0.1) is 6.92 Å². The molecule has 0 fully saturated rings. The van der Waals surface area contributed by atoms with Gasteiger partial charge in [0.25, 0.3) is 10.0 Å².